The van der Waals surface area contributed by atoms with Gasteiger partial charge in [-0.1, -0.05) is 117 Å². The molecule has 180 valence electrons. The van der Waals surface area contributed by atoms with Gasteiger partial charge in [0, 0.05) is 5.97 Å². The fourth-order valence-electron chi connectivity index (χ4n) is 4.23. The zero-order valence-corrected chi connectivity index (χ0v) is 21.7. The number of hydrogen-bond donors (Lipinski definition) is 0. The van der Waals surface area contributed by atoms with Crippen LogP contribution >= 0.6 is 0 Å². The van der Waals surface area contributed by atoms with Crippen LogP contribution in [0.15, 0.2) is 0 Å². The van der Waals surface area contributed by atoms with E-state index in [0.717, 1.165) is 19.4 Å². The van der Waals surface area contributed by atoms with Crippen molar-refractivity contribution < 1.29 is 28.8 Å². The van der Waals surface area contributed by atoms with Gasteiger partial charge in [0.15, 0.2) is 0 Å². The first-order chi connectivity index (χ1) is 14.7. The zero-order valence-electron chi connectivity index (χ0n) is 21.7. The molecule has 0 aliphatic rings. The Hall–Kier alpha value is 0.0274. The summed E-state index contributed by atoms with van der Waals surface area (Å²) >= 11 is 0. The predicted molar refractivity (Wildman–Crippen MR) is 130 cm³/mol. The monoisotopic (exact) mass is 431 g/mol. The second kappa shape index (κ2) is 28.1. The molecule has 4 heteroatoms. The molecule has 0 bridgehead atoms. The van der Waals surface area contributed by atoms with E-state index in [9.17, 15) is 9.90 Å². The molecule has 0 spiro atoms. The first-order valence-electron chi connectivity index (χ1n) is 13.6. The zero-order chi connectivity index (χ0) is 22.1. The first-order valence-corrected chi connectivity index (χ1v) is 13.6. The molecule has 0 aromatic carbocycles. The average molecular weight is 432 g/mol. The molecule has 0 N–H and O–H groups in total. The van der Waals surface area contributed by atoms with E-state index >= 15 is 0 Å². The van der Waals surface area contributed by atoms with Gasteiger partial charge in [0.05, 0.1) is 0 Å². The van der Waals surface area contributed by atoms with Crippen LogP contribution < -0.4 is 24.0 Å². The number of carboxylic acid groups (broad SMARTS) is 1. The largest absolute Gasteiger partial charge is 1.00 e. The standard InChI is InChI=1S/C27H55NO2.Li/c1-3-5-7-9-11-13-15-17-20-24-28(26-22-19-23-27(29)30)25-21-18-16-14-12-10-8-6-4-2;/h3-26H2,1-2H3,(H,29,30);/q;+1/p-1. The Bertz CT molecular complexity index is 330. The third kappa shape index (κ3) is 28.0. The number of hydrogen-bond acceptors (Lipinski definition) is 3. The van der Waals surface area contributed by atoms with Crippen molar-refractivity contribution in [3.63, 3.8) is 0 Å². The average Bonchev–Trinajstić information content (AvgIpc) is 2.73. The maximum atomic E-state index is 10.6. The minimum Gasteiger partial charge on any atom is -0.550 e. The van der Waals surface area contributed by atoms with Crippen molar-refractivity contribution in [1.82, 2.24) is 4.90 Å². The van der Waals surface area contributed by atoms with Crippen LogP contribution in [-0.2, 0) is 4.79 Å². The van der Waals surface area contributed by atoms with Crippen molar-refractivity contribution in [2.24, 2.45) is 0 Å². The van der Waals surface area contributed by atoms with Crippen LogP contribution in [0.25, 0.3) is 0 Å². The molecule has 0 aromatic heterocycles. The molecule has 0 fully saturated rings. The molecule has 0 radical (unpaired) electrons. The second-order valence-electron chi connectivity index (χ2n) is 9.33. The van der Waals surface area contributed by atoms with Gasteiger partial charge in [0.1, 0.15) is 0 Å². The minimum absolute atomic E-state index is 0. The Balaban J connectivity index is 0. The van der Waals surface area contributed by atoms with Crippen molar-refractivity contribution in [2.45, 2.75) is 149 Å². The summed E-state index contributed by atoms with van der Waals surface area (Å²) in [6, 6.07) is 0. The molecule has 0 aliphatic heterocycles. The number of carbonyl (C=O) groups is 1. The number of carboxylic acids is 1. The van der Waals surface area contributed by atoms with Gasteiger partial charge in [-0.2, -0.15) is 0 Å². The molecule has 0 unspecified atom stereocenters. The molecule has 0 atom stereocenters. The van der Waals surface area contributed by atoms with Crippen LogP contribution in [0.4, 0.5) is 0 Å². The minimum atomic E-state index is -0.903. The molecular formula is C27H54LiNO2. The van der Waals surface area contributed by atoms with Gasteiger partial charge in [0.25, 0.3) is 0 Å². The summed E-state index contributed by atoms with van der Waals surface area (Å²) in [6.45, 7) is 8.00. The summed E-state index contributed by atoms with van der Waals surface area (Å²) in [5.74, 6) is -0.903. The summed E-state index contributed by atoms with van der Waals surface area (Å²) in [5.41, 5.74) is 0. The van der Waals surface area contributed by atoms with Gasteiger partial charge in [-0.15, -0.1) is 0 Å². The van der Waals surface area contributed by atoms with Gasteiger partial charge in [-0.25, -0.2) is 0 Å². The van der Waals surface area contributed by atoms with Gasteiger partial charge in [-0.3, -0.25) is 0 Å². The quantitative estimate of drug-likeness (QED) is 0.160. The van der Waals surface area contributed by atoms with Crippen molar-refractivity contribution in [2.75, 3.05) is 19.6 Å². The molecule has 0 amide bonds. The Morgan fingerprint density at radius 3 is 1.13 bits per heavy atom. The van der Waals surface area contributed by atoms with E-state index in [2.05, 4.69) is 18.7 Å². The van der Waals surface area contributed by atoms with Crippen molar-refractivity contribution in [3.8, 4) is 0 Å². The number of unbranched alkanes of at least 4 members (excludes halogenated alkanes) is 17. The van der Waals surface area contributed by atoms with Crippen LogP contribution in [0.1, 0.15) is 149 Å². The molecule has 0 aliphatic carbocycles. The van der Waals surface area contributed by atoms with E-state index in [1.807, 2.05) is 0 Å². The van der Waals surface area contributed by atoms with Gasteiger partial charge in [0.2, 0.25) is 0 Å². The number of rotatable bonds is 25. The Morgan fingerprint density at radius 1 is 0.516 bits per heavy atom. The van der Waals surface area contributed by atoms with Crippen molar-refractivity contribution in [3.05, 3.63) is 0 Å². The normalized spacial score (nSPS) is 11.1. The number of carbonyl (C=O) groups excluding carboxylic acids is 1. The smallest absolute Gasteiger partial charge is 0.550 e. The van der Waals surface area contributed by atoms with Crippen LogP contribution in [-0.4, -0.2) is 30.5 Å². The molecule has 0 rings (SSSR count). The summed E-state index contributed by atoms with van der Waals surface area (Å²) in [7, 11) is 0. The van der Waals surface area contributed by atoms with Crippen molar-refractivity contribution in [1.29, 1.82) is 0 Å². The SMILES string of the molecule is CCCCCCCCCCCN(CCCCCCCCCCC)CCCCC(=O)[O-].[Li+]. The molecule has 31 heavy (non-hydrogen) atoms. The van der Waals surface area contributed by atoms with E-state index < -0.39 is 5.97 Å². The summed E-state index contributed by atoms with van der Waals surface area (Å²) in [6.07, 6.45) is 26.7. The molecule has 3 nitrogen and oxygen atoms in total. The third-order valence-corrected chi connectivity index (χ3v) is 6.26. The maximum absolute atomic E-state index is 10.6. The van der Waals surface area contributed by atoms with E-state index in [1.54, 1.807) is 0 Å². The van der Waals surface area contributed by atoms with Crippen LogP contribution in [0.5, 0.6) is 0 Å². The van der Waals surface area contributed by atoms with E-state index in [4.69, 9.17) is 0 Å². The van der Waals surface area contributed by atoms with Crippen LogP contribution in [0.3, 0.4) is 0 Å². The van der Waals surface area contributed by atoms with E-state index in [1.165, 1.54) is 129 Å². The molecule has 0 aromatic rings. The Labute approximate surface area is 207 Å². The van der Waals surface area contributed by atoms with Gasteiger partial charge < -0.3 is 14.8 Å². The third-order valence-electron chi connectivity index (χ3n) is 6.26. The van der Waals surface area contributed by atoms with E-state index in [-0.39, 0.29) is 25.3 Å². The maximum Gasteiger partial charge on any atom is 1.00 e. The van der Waals surface area contributed by atoms with Crippen LogP contribution in [0, 0.1) is 0 Å². The Kier molecular flexibility index (Phi) is 30.1. The molecule has 0 heterocycles. The molecular weight excluding hydrogens is 377 g/mol. The second-order valence-corrected chi connectivity index (χ2v) is 9.33. The van der Waals surface area contributed by atoms with Crippen LogP contribution in [0.2, 0.25) is 0 Å². The number of nitrogens with zero attached hydrogens (tertiary/aromatic N) is 1. The van der Waals surface area contributed by atoms with E-state index in [0.29, 0.717) is 0 Å². The fraction of sp³-hybridized carbons (Fsp3) is 0.963. The molecule has 0 saturated carbocycles. The number of aliphatic carboxylic acids is 1. The first kappa shape index (κ1) is 33.2. The van der Waals surface area contributed by atoms with Gasteiger partial charge >= 0.3 is 18.9 Å². The Morgan fingerprint density at radius 2 is 0.806 bits per heavy atom. The summed E-state index contributed by atoms with van der Waals surface area (Å²) in [5, 5.41) is 10.6. The fourth-order valence-corrected chi connectivity index (χ4v) is 4.23. The summed E-state index contributed by atoms with van der Waals surface area (Å²) in [4.78, 5) is 13.2. The molecule has 0 saturated heterocycles. The summed E-state index contributed by atoms with van der Waals surface area (Å²) < 4.78 is 0. The predicted octanol–water partition coefficient (Wildman–Crippen LogP) is 4.27. The topological polar surface area (TPSA) is 43.4 Å². The van der Waals surface area contributed by atoms with Crippen molar-refractivity contribution >= 4 is 5.97 Å². The van der Waals surface area contributed by atoms with Gasteiger partial charge in [-0.05, 0) is 51.7 Å².